The predicted molar refractivity (Wildman–Crippen MR) is 108 cm³/mol. The van der Waals surface area contributed by atoms with Gasteiger partial charge in [0, 0.05) is 51.5 Å². The quantitative estimate of drug-likeness (QED) is 0.664. The number of piperazine rings is 1. The van der Waals surface area contributed by atoms with Crippen molar-refractivity contribution < 1.29 is 4.79 Å². The maximum absolute atomic E-state index is 12.6. The number of aryl methyl sites for hydroxylation is 1. The van der Waals surface area contributed by atoms with E-state index in [1.807, 2.05) is 76.7 Å². The number of para-hydroxylation sites is 1. The second-order valence-electron chi connectivity index (χ2n) is 7.11. The number of carbonyl (C=O) groups excluding carboxylic acids is 1. The molecule has 0 saturated carbocycles. The van der Waals surface area contributed by atoms with Crippen LogP contribution in [-0.4, -0.2) is 56.7 Å². The van der Waals surface area contributed by atoms with E-state index in [2.05, 4.69) is 15.0 Å². The van der Waals surface area contributed by atoms with Gasteiger partial charge < -0.3 is 4.90 Å². The van der Waals surface area contributed by atoms with E-state index in [9.17, 15) is 4.79 Å². The molecule has 2 aromatic heterocycles. The molecule has 144 valence electrons. The number of carbonyl (C=O) groups is 1. The third-order valence-electron chi connectivity index (χ3n) is 5.12. The van der Waals surface area contributed by atoms with Crippen molar-refractivity contribution in [1.82, 2.24) is 24.6 Å². The Morgan fingerprint density at radius 2 is 1.75 bits per heavy atom. The smallest absolute Gasteiger partial charge is 0.222 e. The molecule has 0 N–H and O–H groups in total. The molecule has 1 amide bonds. The topological polar surface area (TPSA) is 54.3 Å². The fourth-order valence-corrected chi connectivity index (χ4v) is 3.50. The first-order valence-electron chi connectivity index (χ1n) is 9.77. The zero-order valence-corrected chi connectivity index (χ0v) is 15.9. The summed E-state index contributed by atoms with van der Waals surface area (Å²) in [4.78, 5) is 21.3. The molecular formula is C22H25N5O. The van der Waals surface area contributed by atoms with Gasteiger partial charge in [-0.1, -0.05) is 24.3 Å². The summed E-state index contributed by atoms with van der Waals surface area (Å²) in [5.41, 5.74) is 3.20. The van der Waals surface area contributed by atoms with Crippen molar-refractivity contribution in [3.05, 3.63) is 78.4 Å². The fourth-order valence-electron chi connectivity index (χ4n) is 3.50. The van der Waals surface area contributed by atoms with Crippen molar-refractivity contribution in [1.29, 1.82) is 0 Å². The van der Waals surface area contributed by atoms with Crippen LogP contribution in [0.5, 0.6) is 0 Å². The Bertz CT molecular complexity index is 886. The summed E-state index contributed by atoms with van der Waals surface area (Å²) in [7, 11) is 0. The Hall–Kier alpha value is -2.99. The van der Waals surface area contributed by atoms with E-state index in [-0.39, 0.29) is 5.91 Å². The number of amides is 1. The van der Waals surface area contributed by atoms with Gasteiger partial charge in [-0.15, -0.1) is 0 Å². The maximum atomic E-state index is 12.6. The van der Waals surface area contributed by atoms with Crippen LogP contribution in [0.4, 0.5) is 0 Å². The van der Waals surface area contributed by atoms with E-state index in [1.165, 1.54) is 0 Å². The van der Waals surface area contributed by atoms with E-state index >= 15 is 0 Å². The van der Waals surface area contributed by atoms with E-state index in [0.29, 0.717) is 6.42 Å². The minimum absolute atomic E-state index is 0.227. The van der Waals surface area contributed by atoms with Crippen molar-refractivity contribution in [3.63, 3.8) is 0 Å². The Labute approximate surface area is 165 Å². The van der Waals surface area contributed by atoms with Crippen LogP contribution in [0.1, 0.15) is 17.7 Å². The Balaban J connectivity index is 1.23. The van der Waals surface area contributed by atoms with E-state index in [0.717, 1.165) is 56.1 Å². The average molecular weight is 375 g/mol. The SMILES string of the molecule is O=C(CCc1cnn(-c2ccccc2)c1)N1CCN(Cc2ccccn2)CC1. The monoisotopic (exact) mass is 375 g/mol. The highest BCUT2D eigenvalue weighted by Gasteiger charge is 2.21. The summed E-state index contributed by atoms with van der Waals surface area (Å²) in [6.07, 6.45) is 6.94. The van der Waals surface area contributed by atoms with Crippen LogP contribution < -0.4 is 0 Å². The van der Waals surface area contributed by atoms with Crippen LogP contribution in [0.25, 0.3) is 5.69 Å². The minimum atomic E-state index is 0.227. The third kappa shape index (κ3) is 4.64. The molecule has 3 aromatic rings. The summed E-state index contributed by atoms with van der Waals surface area (Å²) in [6, 6.07) is 16.0. The zero-order chi connectivity index (χ0) is 19.2. The van der Waals surface area contributed by atoms with Crippen LogP contribution >= 0.6 is 0 Å². The predicted octanol–water partition coefficient (Wildman–Crippen LogP) is 2.54. The van der Waals surface area contributed by atoms with E-state index in [4.69, 9.17) is 0 Å². The summed E-state index contributed by atoms with van der Waals surface area (Å²) >= 11 is 0. The maximum Gasteiger partial charge on any atom is 0.222 e. The van der Waals surface area contributed by atoms with Crippen LogP contribution in [0.2, 0.25) is 0 Å². The highest BCUT2D eigenvalue weighted by atomic mass is 16.2. The van der Waals surface area contributed by atoms with Gasteiger partial charge in [0.2, 0.25) is 5.91 Å². The molecule has 0 bridgehead atoms. The highest BCUT2D eigenvalue weighted by molar-refractivity contribution is 5.76. The van der Waals surface area contributed by atoms with E-state index < -0.39 is 0 Å². The highest BCUT2D eigenvalue weighted by Crippen LogP contribution is 2.12. The van der Waals surface area contributed by atoms with Crippen LogP contribution in [0.3, 0.4) is 0 Å². The molecule has 6 nitrogen and oxygen atoms in total. The lowest BCUT2D eigenvalue weighted by molar-refractivity contribution is -0.133. The minimum Gasteiger partial charge on any atom is -0.340 e. The van der Waals surface area contributed by atoms with Crippen LogP contribution in [0, 0.1) is 0 Å². The molecule has 1 saturated heterocycles. The van der Waals surface area contributed by atoms with Crippen LogP contribution in [-0.2, 0) is 17.8 Å². The first-order valence-corrected chi connectivity index (χ1v) is 9.77. The summed E-state index contributed by atoms with van der Waals surface area (Å²) < 4.78 is 1.86. The van der Waals surface area contributed by atoms with Gasteiger partial charge in [0.15, 0.2) is 0 Å². The lowest BCUT2D eigenvalue weighted by atomic mass is 10.1. The zero-order valence-electron chi connectivity index (χ0n) is 15.9. The van der Waals surface area contributed by atoms with Gasteiger partial charge in [-0.2, -0.15) is 5.10 Å². The molecular weight excluding hydrogens is 350 g/mol. The van der Waals surface area contributed by atoms with Crippen molar-refractivity contribution in [2.24, 2.45) is 0 Å². The van der Waals surface area contributed by atoms with E-state index in [1.54, 1.807) is 0 Å². The molecule has 0 atom stereocenters. The average Bonchev–Trinajstić information content (AvgIpc) is 3.23. The molecule has 1 fully saturated rings. The molecule has 0 radical (unpaired) electrons. The fraction of sp³-hybridized carbons (Fsp3) is 0.318. The molecule has 1 aliphatic rings. The summed E-state index contributed by atoms with van der Waals surface area (Å²) in [5, 5.41) is 4.41. The number of hydrogen-bond acceptors (Lipinski definition) is 4. The van der Waals surface area contributed by atoms with Crippen molar-refractivity contribution in [2.75, 3.05) is 26.2 Å². The second-order valence-corrected chi connectivity index (χ2v) is 7.11. The van der Waals surface area contributed by atoms with Crippen molar-refractivity contribution >= 4 is 5.91 Å². The van der Waals surface area contributed by atoms with Crippen molar-refractivity contribution in [3.8, 4) is 5.69 Å². The molecule has 1 aromatic carbocycles. The number of hydrogen-bond donors (Lipinski definition) is 0. The number of benzene rings is 1. The lowest BCUT2D eigenvalue weighted by Gasteiger charge is -2.34. The summed E-state index contributed by atoms with van der Waals surface area (Å²) in [6.45, 7) is 4.22. The third-order valence-corrected chi connectivity index (χ3v) is 5.12. The molecule has 0 aliphatic carbocycles. The van der Waals surface area contributed by atoms with Gasteiger partial charge in [-0.3, -0.25) is 14.7 Å². The molecule has 28 heavy (non-hydrogen) atoms. The Morgan fingerprint density at radius 3 is 2.50 bits per heavy atom. The van der Waals surface area contributed by atoms with Gasteiger partial charge in [0.05, 0.1) is 17.6 Å². The molecule has 1 aliphatic heterocycles. The second kappa shape index (κ2) is 8.80. The van der Waals surface area contributed by atoms with Gasteiger partial charge >= 0.3 is 0 Å². The number of rotatable bonds is 6. The van der Waals surface area contributed by atoms with Gasteiger partial charge in [-0.05, 0) is 36.2 Å². The van der Waals surface area contributed by atoms with Crippen LogP contribution in [0.15, 0.2) is 67.1 Å². The largest absolute Gasteiger partial charge is 0.340 e. The molecule has 6 heteroatoms. The Morgan fingerprint density at radius 1 is 0.964 bits per heavy atom. The first kappa shape index (κ1) is 18.4. The number of pyridine rings is 1. The number of aromatic nitrogens is 3. The Kier molecular flexibility index (Phi) is 5.77. The first-order chi connectivity index (χ1) is 13.8. The molecule has 0 unspecified atom stereocenters. The van der Waals surface area contributed by atoms with Gasteiger partial charge in [-0.25, -0.2) is 4.68 Å². The molecule has 0 spiro atoms. The number of nitrogens with zero attached hydrogens (tertiary/aromatic N) is 5. The lowest BCUT2D eigenvalue weighted by Crippen LogP contribution is -2.48. The standard InChI is InChI=1S/C22H25N5O/c28-22(10-9-19-16-24-27(17-19)21-7-2-1-3-8-21)26-14-12-25(13-15-26)18-20-6-4-5-11-23-20/h1-8,11,16-17H,9-10,12-15,18H2. The van der Waals surface area contributed by atoms with Crippen molar-refractivity contribution in [2.45, 2.75) is 19.4 Å². The van der Waals surface area contributed by atoms with Gasteiger partial charge in [0.1, 0.15) is 0 Å². The molecule has 3 heterocycles. The molecule has 4 rings (SSSR count). The van der Waals surface area contributed by atoms with Gasteiger partial charge in [0.25, 0.3) is 0 Å². The summed E-state index contributed by atoms with van der Waals surface area (Å²) in [5.74, 6) is 0.227. The normalized spacial score (nSPS) is 14.9.